The number of nitrogens with zero attached hydrogens (tertiary/aromatic N) is 2. The molecule has 1 aromatic rings. The lowest BCUT2D eigenvalue weighted by atomic mass is 10.3. The second-order valence-electron chi connectivity index (χ2n) is 3.42. The van der Waals surface area contributed by atoms with Crippen LogP contribution in [0.4, 0.5) is 5.69 Å². The first-order valence-corrected chi connectivity index (χ1v) is 7.65. The average molecular weight is 398 g/mol. The van der Waals surface area contributed by atoms with Crippen molar-refractivity contribution in [1.82, 2.24) is 0 Å². The van der Waals surface area contributed by atoms with Crippen LogP contribution in [0.25, 0.3) is 0 Å². The number of hydrogen-bond acceptors (Lipinski definition) is 4. The predicted octanol–water partition coefficient (Wildman–Crippen LogP) is 2.18. The molecule has 0 atom stereocenters. The van der Waals surface area contributed by atoms with Gasteiger partial charge in [0.25, 0.3) is 16.0 Å². The van der Waals surface area contributed by atoms with Gasteiger partial charge >= 0.3 is 0 Å². The van der Waals surface area contributed by atoms with Crippen LogP contribution in [0.1, 0.15) is 6.42 Å². The number of hydrogen-bond donors (Lipinski definition) is 1. The lowest BCUT2D eigenvalue weighted by molar-refractivity contribution is -0.116. The van der Waals surface area contributed by atoms with Gasteiger partial charge in [0.15, 0.2) is 0 Å². The van der Waals surface area contributed by atoms with E-state index >= 15 is 0 Å². The summed E-state index contributed by atoms with van der Waals surface area (Å²) in [5, 5.41) is 5.02. The zero-order chi connectivity index (χ0) is 13.5. The van der Waals surface area contributed by atoms with Crippen LogP contribution in [0, 0.1) is 0 Å². The van der Waals surface area contributed by atoms with Crippen LogP contribution in [0.2, 0.25) is 0 Å². The van der Waals surface area contributed by atoms with Crippen LogP contribution < -0.4 is 5.01 Å². The van der Waals surface area contributed by atoms with Gasteiger partial charge in [-0.05, 0) is 44.0 Å². The number of amides is 1. The first-order chi connectivity index (χ1) is 8.30. The highest BCUT2D eigenvalue weighted by Gasteiger charge is 2.24. The molecule has 1 N–H and O–H groups in total. The van der Waals surface area contributed by atoms with Crippen LogP contribution in [-0.4, -0.2) is 25.1 Å². The highest BCUT2D eigenvalue weighted by Crippen LogP contribution is 2.35. The third-order valence-corrected chi connectivity index (χ3v) is 4.92. The van der Waals surface area contributed by atoms with Crippen molar-refractivity contribution in [1.29, 1.82) is 0 Å². The highest BCUT2D eigenvalue weighted by molar-refractivity contribution is 9.11. The number of benzene rings is 1. The summed E-state index contributed by atoms with van der Waals surface area (Å²) >= 11 is 6.08. The minimum absolute atomic E-state index is 0.143. The molecule has 0 spiro atoms. The lowest BCUT2D eigenvalue weighted by Gasteiger charge is -2.14. The van der Waals surface area contributed by atoms with Crippen LogP contribution in [0.5, 0.6) is 0 Å². The molecule has 1 aliphatic heterocycles. The molecule has 0 aliphatic carbocycles. The molecular formula is C9H6Br2N2O4S. The van der Waals surface area contributed by atoms with Crippen molar-refractivity contribution in [2.75, 3.05) is 5.01 Å². The molecule has 0 unspecified atom stereocenters. The van der Waals surface area contributed by atoms with E-state index in [9.17, 15) is 13.2 Å². The molecule has 1 amide bonds. The number of halogens is 2. The molecule has 18 heavy (non-hydrogen) atoms. The normalized spacial score (nSPS) is 15.5. The maximum atomic E-state index is 11.5. The summed E-state index contributed by atoms with van der Waals surface area (Å²) in [4.78, 5) is 11.2. The van der Waals surface area contributed by atoms with Crippen LogP contribution >= 0.6 is 31.9 Å². The standard InChI is InChI=1S/C9H6Br2N2O4S/c10-6-3-5(13-8(14)1-2-12-13)4-7(11)9(6)18(15,16)17/h2-4H,1H2,(H,15,16,17). The molecule has 0 saturated heterocycles. The van der Waals surface area contributed by atoms with Gasteiger partial charge in [0.2, 0.25) is 0 Å². The average Bonchev–Trinajstić information content (AvgIpc) is 2.60. The minimum Gasteiger partial charge on any atom is -0.282 e. The molecule has 1 aromatic carbocycles. The predicted molar refractivity (Wildman–Crippen MR) is 72.3 cm³/mol. The number of carbonyl (C=O) groups excluding carboxylic acids is 1. The maximum Gasteiger partial charge on any atom is 0.296 e. The van der Waals surface area contributed by atoms with Gasteiger partial charge in [0, 0.05) is 15.2 Å². The molecular weight excluding hydrogens is 392 g/mol. The molecule has 0 fully saturated rings. The van der Waals surface area contributed by atoms with E-state index in [0.717, 1.165) is 5.01 Å². The van der Waals surface area contributed by atoms with Gasteiger partial charge < -0.3 is 0 Å². The Balaban J connectivity index is 2.56. The van der Waals surface area contributed by atoms with Crippen molar-refractivity contribution in [3.05, 3.63) is 21.1 Å². The summed E-state index contributed by atoms with van der Waals surface area (Å²) in [6.45, 7) is 0. The Morgan fingerprint density at radius 1 is 1.28 bits per heavy atom. The monoisotopic (exact) mass is 396 g/mol. The summed E-state index contributed by atoms with van der Waals surface area (Å²) in [6, 6.07) is 2.79. The highest BCUT2D eigenvalue weighted by atomic mass is 79.9. The summed E-state index contributed by atoms with van der Waals surface area (Å²) in [6.07, 6.45) is 1.66. The summed E-state index contributed by atoms with van der Waals surface area (Å²) in [5.74, 6) is -0.214. The molecule has 6 nitrogen and oxygen atoms in total. The smallest absolute Gasteiger partial charge is 0.282 e. The van der Waals surface area contributed by atoms with Gasteiger partial charge in [0.05, 0.1) is 12.1 Å². The fourth-order valence-corrected chi connectivity index (χ4v) is 4.48. The van der Waals surface area contributed by atoms with Gasteiger partial charge in [-0.1, -0.05) is 0 Å². The van der Waals surface area contributed by atoms with Gasteiger partial charge in [-0.2, -0.15) is 13.5 Å². The fraction of sp³-hybridized carbons (Fsp3) is 0.111. The Morgan fingerprint density at radius 3 is 2.22 bits per heavy atom. The van der Waals surface area contributed by atoms with Gasteiger partial charge in [-0.15, -0.1) is 0 Å². The number of rotatable bonds is 2. The maximum absolute atomic E-state index is 11.5. The lowest BCUT2D eigenvalue weighted by Crippen LogP contribution is -2.19. The Kier molecular flexibility index (Phi) is 3.58. The summed E-state index contributed by atoms with van der Waals surface area (Å²) < 4.78 is 31.7. The molecule has 2 rings (SSSR count). The molecule has 1 heterocycles. The molecule has 0 saturated carbocycles. The van der Waals surface area contributed by atoms with E-state index in [1.54, 1.807) is 0 Å². The Morgan fingerprint density at radius 2 is 1.83 bits per heavy atom. The Hall–Kier alpha value is -0.770. The van der Waals surface area contributed by atoms with E-state index in [1.807, 2.05) is 0 Å². The van der Waals surface area contributed by atoms with E-state index < -0.39 is 10.1 Å². The summed E-state index contributed by atoms with van der Waals surface area (Å²) in [7, 11) is -4.35. The van der Waals surface area contributed by atoms with Crippen molar-refractivity contribution < 1.29 is 17.8 Å². The zero-order valence-corrected chi connectivity index (χ0v) is 12.7. The minimum atomic E-state index is -4.35. The molecule has 0 radical (unpaired) electrons. The number of anilines is 1. The van der Waals surface area contributed by atoms with Crippen LogP contribution in [0.15, 0.2) is 31.1 Å². The van der Waals surface area contributed by atoms with Crippen molar-refractivity contribution in [2.45, 2.75) is 11.3 Å². The fourth-order valence-electron chi connectivity index (χ4n) is 1.48. The molecule has 1 aliphatic rings. The second kappa shape index (κ2) is 4.72. The molecule has 96 valence electrons. The molecule has 9 heteroatoms. The van der Waals surface area contributed by atoms with Gasteiger partial charge in [-0.3, -0.25) is 9.35 Å². The first kappa shape index (κ1) is 13.7. The quantitative estimate of drug-likeness (QED) is 0.774. The van der Waals surface area contributed by atoms with E-state index in [-0.39, 0.29) is 26.2 Å². The van der Waals surface area contributed by atoms with Crippen LogP contribution in [0.3, 0.4) is 0 Å². The molecule has 0 bridgehead atoms. The first-order valence-electron chi connectivity index (χ1n) is 4.62. The van der Waals surface area contributed by atoms with E-state index in [4.69, 9.17) is 4.55 Å². The van der Waals surface area contributed by atoms with Gasteiger partial charge in [0.1, 0.15) is 4.90 Å². The van der Waals surface area contributed by atoms with E-state index in [2.05, 4.69) is 37.0 Å². The third-order valence-electron chi connectivity index (χ3n) is 2.18. The largest absolute Gasteiger partial charge is 0.296 e. The van der Waals surface area contributed by atoms with Crippen molar-refractivity contribution in [2.24, 2.45) is 5.10 Å². The van der Waals surface area contributed by atoms with Crippen molar-refractivity contribution in [3.63, 3.8) is 0 Å². The number of hydrazone groups is 1. The Labute approximate surface area is 120 Å². The van der Waals surface area contributed by atoms with E-state index in [0.29, 0.717) is 5.69 Å². The van der Waals surface area contributed by atoms with Gasteiger partial charge in [-0.25, -0.2) is 5.01 Å². The third kappa shape index (κ3) is 2.48. The van der Waals surface area contributed by atoms with Crippen molar-refractivity contribution >= 4 is 59.8 Å². The Bertz CT molecular complexity index is 634. The number of carbonyl (C=O) groups is 1. The molecule has 0 aromatic heterocycles. The topological polar surface area (TPSA) is 87.0 Å². The van der Waals surface area contributed by atoms with Crippen LogP contribution in [-0.2, 0) is 14.9 Å². The zero-order valence-electron chi connectivity index (χ0n) is 8.67. The second-order valence-corrected chi connectivity index (χ2v) is 6.49. The summed E-state index contributed by atoms with van der Waals surface area (Å²) in [5.41, 5.74) is 0.403. The van der Waals surface area contributed by atoms with Crippen molar-refractivity contribution in [3.8, 4) is 0 Å². The SMILES string of the molecule is O=C1CC=NN1c1cc(Br)c(S(=O)(=O)O)c(Br)c1. The van der Waals surface area contributed by atoms with E-state index in [1.165, 1.54) is 18.3 Å².